The van der Waals surface area contributed by atoms with Gasteiger partial charge >= 0.3 is 0 Å². The first-order valence-electron chi connectivity index (χ1n) is 2.57. The molecule has 4 heteroatoms. The van der Waals surface area contributed by atoms with Gasteiger partial charge in [-0.15, -0.1) is 0 Å². The van der Waals surface area contributed by atoms with E-state index in [1.807, 2.05) is 28.7 Å². The summed E-state index contributed by atoms with van der Waals surface area (Å²) in [5.41, 5.74) is 0. The zero-order valence-electron chi connectivity index (χ0n) is 4.95. The van der Waals surface area contributed by atoms with Crippen LogP contribution in [0.15, 0.2) is 29.2 Å². The minimum Gasteiger partial charge on any atom is -0.302 e. The summed E-state index contributed by atoms with van der Waals surface area (Å²) in [6.45, 7) is 0. The normalized spacial score (nSPS) is 13.0. The highest BCUT2D eigenvalue weighted by atomic mass is 127. The molecule has 0 saturated heterocycles. The molecule has 2 nitrogen and oxygen atoms in total. The standard InChI is InChI=1S/C6H5IO2S/c7-5-3-1-2-4-6(5)10(8)9/h1-4H,(H,8,9). The van der Waals surface area contributed by atoms with Crippen LogP contribution in [-0.4, -0.2) is 8.76 Å². The van der Waals surface area contributed by atoms with Gasteiger partial charge in [0.15, 0.2) is 11.1 Å². The van der Waals surface area contributed by atoms with Gasteiger partial charge in [0.25, 0.3) is 0 Å². The molecular weight excluding hydrogens is 263 g/mol. The topological polar surface area (TPSA) is 37.3 Å². The second kappa shape index (κ2) is 3.45. The Kier molecular flexibility index (Phi) is 2.82. The van der Waals surface area contributed by atoms with E-state index < -0.39 is 11.1 Å². The molecule has 0 spiro atoms. The first-order chi connectivity index (χ1) is 4.72. The van der Waals surface area contributed by atoms with Gasteiger partial charge in [0, 0.05) is 3.57 Å². The second-order valence-electron chi connectivity index (χ2n) is 1.68. The van der Waals surface area contributed by atoms with Crippen molar-refractivity contribution in [2.75, 3.05) is 0 Å². The van der Waals surface area contributed by atoms with Crippen molar-refractivity contribution in [3.8, 4) is 0 Å². The van der Waals surface area contributed by atoms with Gasteiger partial charge < -0.3 is 4.55 Å². The summed E-state index contributed by atoms with van der Waals surface area (Å²) in [6, 6.07) is 7.01. The first kappa shape index (κ1) is 8.16. The first-order valence-corrected chi connectivity index (χ1v) is 4.76. The molecule has 0 aliphatic heterocycles. The third-order valence-corrected chi connectivity index (χ3v) is 3.06. The Morgan fingerprint density at radius 1 is 1.40 bits per heavy atom. The molecule has 0 saturated carbocycles. The van der Waals surface area contributed by atoms with E-state index in [1.54, 1.807) is 18.2 Å². The fraction of sp³-hybridized carbons (Fsp3) is 0. The molecule has 1 unspecified atom stereocenters. The van der Waals surface area contributed by atoms with Crippen LogP contribution in [0.5, 0.6) is 0 Å². The van der Waals surface area contributed by atoms with Crippen LogP contribution in [0.4, 0.5) is 0 Å². The Balaban J connectivity index is 3.15. The van der Waals surface area contributed by atoms with Crippen molar-refractivity contribution in [1.29, 1.82) is 0 Å². The maximum absolute atomic E-state index is 10.5. The average Bonchev–Trinajstić information content (AvgIpc) is 1.88. The molecule has 1 atom stereocenters. The number of hydrogen-bond acceptors (Lipinski definition) is 1. The quantitative estimate of drug-likeness (QED) is 0.623. The van der Waals surface area contributed by atoms with Gasteiger partial charge in [-0.25, -0.2) is 4.21 Å². The molecular formula is C6H5IO2S. The zero-order chi connectivity index (χ0) is 7.56. The number of halogens is 1. The van der Waals surface area contributed by atoms with Crippen LogP contribution in [0.25, 0.3) is 0 Å². The van der Waals surface area contributed by atoms with Crippen molar-refractivity contribution in [3.63, 3.8) is 0 Å². The minimum atomic E-state index is -1.85. The Hall–Kier alpha value is 0.0600. The van der Waals surface area contributed by atoms with Crippen molar-refractivity contribution >= 4 is 33.7 Å². The fourth-order valence-corrected chi connectivity index (χ4v) is 1.97. The van der Waals surface area contributed by atoms with E-state index >= 15 is 0 Å². The monoisotopic (exact) mass is 268 g/mol. The van der Waals surface area contributed by atoms with Crippen molar-refractivity contribution in [2.45, 2.75) is 4.90 Å². The summed E-state index contributed by atoms with van der Waals surface area (Å²) in [6.07, 6.45) is 0. The molecule has 0 amide bonds. The molecule has 1 rings (SSSR count). The van der Waals surface area contributed by atoms with Gasteiger partial charge in [-0.3, -0.25) is 0 Å². The SMILES string of the molecule is O=S(O)c1ccccc1I. The Labute approximate surface area is 75.1 Å². The summed E-state index contributed by atoms with van der Waals surface area (Å²) in [4.78, 5) is 0.475. The molecule has 0 fully saturated rings. The fourth-order valence-electron chi connectivity index (χ4n) is 0.586. The van der Waals surface area contributed by atoms with Gasteiger partial charge in [0.05, 0.1) is 4.90 Å². The van der Waals surface area contributed by atoms with E-state index in [4.69, 9.17) is 4.55 Å². The number of rotatable bonds is 1. The molecule has 54 valence electrons. The lowest BCUT2D eigenvalue weighted by Gasteiger charge is -1.95. The van der Waals surface area contributed by atoms with Crippen molar-refractivity contribution in [3.05, 3.63) is 27.8 Å². The van der Waals surface area contributed by atoms with Crippen LogP contribution in [0, 0.1) is 3.57 Å². The Morgan fingerprint density at radius 2 is 2.00 bits per heavy atom. The zero-order valence-corrected chi connectivity index (χ0v) is 7.93. The largest absolute Gasteiger partial charge is 0.302 e. The molecule has 1 N–H and O–H groups in total. The molecule has 0 bridgehead atoms. The highest BCUT2D eigenvalue weighted by Crippen LogP contribution is 2.13. The highest BCUT2D eigenvalue weighted by molar-refractivity contribution is 14.1. The van der Waals surface area contributed by atoms with Gasteiger partial charge in [-0.05, 0) is 34.7 Å². The minimum absolute atomic E-state index is 0.475. The van der Waals surface area contributed by atoms with Crippen LogP contribution in [-0.2, 0) is 11.1 Å². The maximum atomic E-state index is 10.5. The smallest absolute Gasteiger partial charge is 0.187 e. The van der Waals surface area contributed by atoms with Crippen LogP contribution in [0.3, 0.4) is 0 Å². The summed E-state index contributed by atoms with van der Waals surface area (Å²) in [7, 11) is 0. The van der Waals surface area contributed by atoms with Crippen molar-refractivity contribution < 1.29 is 8.76 Å². The molecule has 1 aromatic carbocycles. The average molecular weight is 268 g/mol. The highest BCUT2D eigenvalue weighted by Gasteiger charge is 2.01. The third kappa shape index (κ3) is 1.77. The van der Waals surface area contributed by atoms with Gasteiger partial charge in [0.1, 0.15) is 0 Å². The van der Waals surface area contributed by atoms with Crippen LogP contribution < -0.4 is 0 Å². The van der Waals surface area contributed by atoms with E-state index in [0.29, 0.717) is 4.90 Å². The lowest BCUT2D eigenvalue weighted by atomic mass is 10.4. The predicted octanol–water partition coefficient (Wildman–Crippen LogP) is 1.87. The summed E-state index contributed by atoms with van der Waals surface area (Å²) in [5.74, 6) is 0. The van der Waals surface area contributed by atoms with E-state index in [2.05, 4.69) is 0 Å². The van der Waals surface area contributed by atoms with Crippen molar-refractivity contribution in [2.24, 2.45) is 0 Å². The van der Waals surface area contributed by atoms with E-state index in [1.165, 1.54) is 0 Å². The molecule has 10 heavy (non-hydrogen) atoms. The van der Waals surface area contributed by atoms with Gasteiger partial charge in [-0.1, -0.05) is 12.1 Å². The van der Waals surface area contributed by atoms with Gasteiger partial charge in [-0.2, -0.15) is 0 Å². The van der Waals surface area contributed by atoms with E-state index in [-0.39, 0.29) is 0 Å². The van der Waals surface area contributed by atoms with Crippen LogP contribution >= 0.6 is 22.6 Å². The predicted molar refractivity (Wildman–Crippen MR) is 48.2 cm³/mol. The molecule has 0 heterocycles. The molecule has 0 aliphatic carbocycles. The Morgan fingerprint density at radius 3 is 2.40 bits per heavy atom. The summed E-state index contributed by atoms with van der Waals surface area (Å²) < 4.78 is 20.0. The number of hydrogen-bond donors (Lipinski definition) is 1. The van der Waals surface area contributed by atoms with E-state index in [0.717, 1.165) is 3.57 Å². The molecule has 1 aromatic rings. The lowest BCUT2D eigenvalue weighted by molar-refractivity contribution is 0.564. The van der Waals surface area contributed by atoms with Gasteiger partial charge in [0.2, 0.25) is 0 Å². The molecule has 0 radical (unpaired) electrons. The summed E-state index contributed by atoms with van der Waals surface area (Å²) >= 11 is 0.175. The molecule has 0 aliphatic rings. The third-order valence-electron chi connectivity index (χ3n) is 1.02. The maximum Gasteiger partial charge on any atom is 0.187 e. The van der Waals surface area contributed by atoms with E-state index in [9.17, 15) is 4.21 Å². The second-order valence-corrected chi connectivity index (χ2v) is 3.78. The Bertz CT molecular complexity index is 262. The molecule has 0 aromatic heterocycles. The van der Waals surface area contributed by atoms with Crippen molar-refractivity contribution in [1.82, 2.24) is 0 Å². The lowest BCUT2D eigenvalue weighted by Crippen LogP contribution is -1.90. The van der Waals surface area contributed by atoms with Crippen LogP contribution in [0.2, 0.25) is 0 Å². The number of benzene rings is 1. The summed E-state index contributed by atoms with van der Waals surface area (Å²) in [5, 5.41) is 0. The van der Waals surface area contributed by atoms with Crippen LogP contribution in [0.1, 0.15) is 0 Å².